The number of fused-ring (bicyclic) bond motifs is 1. The van der Waals surface area contributed by atoms with Crippen molar-refractivity contribution in [2.45, 2.75) is 6.18 Å². The zero-order valence-corrected chi connectivity index (χ0v) is 21.9. The molecule has 0 saturated carbocycles. The monoisotopic (exact) mass is 604 g/mol. The lowest BCUT2D eigenvalue weighted by molar-refractivity contribution is -0.0696. The van der Waals surface area contributed by atoms with Crippen LogP contribution >= 0.6 is 0 Å². The summed E-state index contributed by atoms with van der Waals surface area (Å²) in [6, 6.07) is 15.4. The maximum Gasteiger partial charge on any atom is 0.458 e. The van der Waals surface area contributed by atoms with Crippen LogP contribution in [-0.2, 0) is 0 Å². The van der Waals surface area contributed by atoms with Gasteiger partial charge in [-0.2, -0.15) is 13.2 Å². The van der Waals surface area contributed by atoms with Gasteiger partial charge in [-0.1, -0.05) is 53.9 Å². The summed E-state index contributed by atoms with van der Waals surface area (Å²) in [5.41, 5.74) is -1.61. The molecule has 5 aromatic rings. The average Bonchev–Trinajstić information content (AvgIpc) is 2.95. The van der Waals surface area contributed by atoms with Gasteiger partial charge < -0.3 is 0 Å². The van der Waals surface area contributed by atoms with E-state index in [0.29, 0.717) is 6.07 Å². The van der Waals surface area contributed by atoms with Crippen LogP contribution in [0.1, 0.15) is 27.8 Å². The molecule has 0 atom stereocenters. The van der Waals surface area contributed by atoms with Gasteiger partial charge in [0.05, 0.1) is 22.3 Å². The Hall–Kier alpha value is -5.59. The molecular weight excluding hydrogens is 591 g/mol. The van der Waals surface area contributed by atoms with Crippen molar-refractivity contribution in [3.63, 3.8) is 0 Å². The highest BCUT2D eigenvalue weighted by Crippen LogP contribution is 2.32. The van der Waals surface area contributed by atoms with Gasteiger partial charge in [0, 0.05) is 22.4 Å². The van der Waals surface area contributed by atoms with Gasteiger partial charge in [-0.15, -0.1) is 0 Å². The molecule has 0 saturated heterocycles. The van der Waals surface area contributed by atoms with Crippen LogP contribution in [-0.4, -0.2) is 6.18 Å². The van der Waals surface area contributed by atoms with E-state index in [0.717, 1.165) is 42.3 Å². The molecule has 0 aromatic heterocycles. The standard InChI is InChI=1S/C35H13F9/c36-28-4-2-1-3-22(28)8-5-20-6-9-23(29(37)15-20)10-7-21-16-31(39)33(32(40)17-21)24-11-12-26-25(18-24)19-30(38)27(34(26)41)13-14-35(42,43)44/h1-4,6,9,11-12,15-19H. The predicted molar refractivity (Wildman–Crippen MR) is 147 cm³/mol. The molecule has 0 heterocycles. The summed E-state index contributed by atoms with van der Waals surface area (Å²) in [4.78, 5) is 0. The summed E-state index contributed by atoms with van der Waals surface area (Å²) in [6.45, 7) is 0. The number of hydrogen-bond donors (Lipinski definition) is 0. The van der Waals surface area contributed by atoms with E-state index < -0.39 is 52.2 Å². The Balaban J connectivity index is 1.42. The molecule has 9 heteroatoms. The summed E-state index contributed by atoms with van der Waals surface area (Å²) >= 11 is 0. The minimum atomic E-state index is -4.97. The normalized spacial score (nSPS) is 10.8. The van der Waals surface area contributed by atoms with Crippen LogP contribution in [0.5, 0.6) is 0 Å². The van der Waals surface area contributed by atoms with Gasteiger partial charge in [-0.05, 0) is 65.5 Å². The molecule has 0 unspecified atom stereocenters. The SMILES string of the molecule is Fc1ccccc1C#Cc1ccc(C#Cc2cc(F)c(-c3ccc4c(F)c(C#CC(F)(F)F)c(F)cc4c3)c(F)c2)c(F)c1. The second-order valence-corrected chi connectivity index (χ2v) is 9.22. The van der Waals surface area contributed by atoms with Crippen LogP contribution < -0.4 is 0 Å². The molecule has 5 aromatic carbocycles. The molecule has 5 rings (SSSR count). The fourth-order valence-corrected chi connectivity index (χ4v) is 4.19. The molecule has 0 nitrogen and oxygen atoms in total. The maximum absolute atomic E-state index is 15.0. The Morgan fingerprint density at radius 2 is 1.14 bits per heavy atom. The lowest BCUT2D eigenvalue weighted by Gasteiger charge is -2.09. The zero-order chi connectivity index (χ0) is 31.6. The van der Waals surface area contributed by atoms with Crippen molar-refractivity contribution in [1.29, 1.82) is 0 Å². The third-order valence-corrected chi connectivity index (χ3v) is 6.21. The smallest absolute Gasteiger partial charge is 0.206 e. The van der Waals surface area contributed by atoms with E-state index in [1.54, 1.807) is 6.07 Å². The van der Waals surface area contributed by atoms with E-state index in [9.17, 15) is 30.7 Å². The first-order valence-corrected chi connectivity index (χ1v) is 12.5. The first-order chi connectivity index (χ1) is 20.9. The highest BCUT2D eigenvalue weighted by Gasteiger charge is 2.24. The molecule has 0 bridgehead atoms. The highest BCUT2D eigenvalue weighted by atomic mass is 19.4. The van der Waals surface area contributed by atoms with Gasteiger partial charge in [0.2, 0.25) is 0 Å². The van der Waals surface area contributed by atoms with E-state index >= 15 is 8.78 Å². The van der Waals surface area contributed by atoms with Crippen LogP contribution in [0.2, 0.25) is 0 Å². The topological polar surface area (TPSA) is 0 Å². The molecule has 0 amide bonds. The molecule has 0 aliphatic carbocycles. The van der Waals surface area contributed by atoms with Crippen LogP contribution in [0.15, 0.2) is 78.9 Å². The summed E-state index contributed by atoms with van der Waals surface area (Å²) in [5.74, 6) is 6.24. The lowest BCUT2D eigenvalue weighted by Crippen LogP contribution is -2.02. The Labute approximate surface area is 244 Å². The van der Waals surface area contributed by atoms with Crippen LogP contribution in [0.4, 0.5) is 39.5 Å². The van der Waals surface area contributed by atoms with Crippen molar-refractivity contribution in [3.8, 4) is 46.6 Å². The van der Waals surface area contributed by atoms with Crippen molar-refractivity contribution in [3.05, 3.63) is 142 Å². The zero-order valence-electron chi connectivity index (χ0n) is 21.9. The molecule has 0 aliphatic rings. The van der Waals surface area contributed by atoms with Gasteiger partial charge >= 0.3 is 6.18 Å². The third kappa shape index (κ3) is 6.56. The van der Waals surface area contributed by atoms with Crippen LogP contribution in [0.3, 0.4) is 0 Å². The molecule has 0 spiro atoms. The van der Waals surface area contributed by atoms with Crippen molar-refractivity contribution in [2.24, 2.45) is 0 Å². The third-order valence-electron chi connectivity index (χ3n) is 6.21. The Bertz CT molecular complexity index is 2120. The number of benzene rings is 5. The molecule has 216 valence electrons. The lowest BCUT2D eigenvalue weighted by atomic mass is 9.97. The van der Waals surface area contributed by atoms with E-state index in [-0.39, 0.29) is 38.6 Å². The predicted octanol–water partition coefficient (Wildman–Crippen LogP) is 9.05. The quantitative estimate of drug-likeness (QED) is 0.132. The molecule has 0 radical (unpaired) electrons. The highest BCUT2D eigenvalue weighted by molar-refractivity contribution is 5.89. The Morgan fingerprint density at radius 3 is 1.80 bits per heavy atom. The van der Waals surface area contributed by atoms with Crippen molar-refractivity contribution in [1.82, 2.24) is 0 Å². The summed E-state index contributed by atoms with van der Waals surface area (Å²) in [5, 5.41) is -0.480. The number of alkyl halides is 3. The van der Waals surface area contributed by atoms with Gasteiger partial charge in [-0.3, -0.25) is 0 Å². The first kappa shape index (κ1) is 29.9. The van der Waals surface area contributed by atoms with E-state index in [2.05, 4.69) is 23.7 Å². The van der Waals surface area contributed by atoms with Gasteiger partial charge in [0.15, 0.2) is 0 Å². The van der Waals surface area contributed by atoms with E-state index in [4.69, 9.17) is 0 Å². The van der Waals surface area contributed by atoms with Gasteiger partial charge in [0.1, 0.15) is 34.9 Å². The minimum absolute atomic E-state index is 0.0933. The Kier molecular flexibility index (Phi) is 8.12. The van der Waals surface area contributed by atoms with Gasteiger partial charge in [-0.25, -0.2) is 26.3 Å². The molecule has 0 N–H and O–H groups in total. The van der Waals surface area contributed by atoms with Crippen molar-refractivity contribution in [2.75, 3.05) is 0 Å². The first-order valence-electron chi connectivity index (χ1n) is 12.5. The van der Waals surface area contributed by atoms with Crippen LogP contribution in [0, 0.1) is 70.4 Å². The van der Waals surface area contributed by atoms with E-state index in [1.165, 1.54) is 36.3 Å². The molecule has 0 aliphatic heterocycles. The summed E-state index contributed by atoms with van der Waals surface area (Å²) in [6.07, 6.45) is -4.97. The van der Waals surface area contributed by atoms with Crippen LogP contribution in [0.25, 0.3) is 21.9 Å². The fourth-order valence-electron chi connectivity index (χ4n) is 4.19. The summed E-state index contributed by atoms with van der Waals surface area (Å²) in [7, 11) is 0. The number of hydrogen-bond acceptors (Lipinski definition) is 0. The fraction of sp³-hybridized carbons (Fsp3) is 0.0286. The molecule has 44 heavy (non-hydrogen) atoms. The van der Waals surface area contributed by atoms with Gasteiger partial charge in [0.25, 0.3) is 0 Å². The minimum Gasteiger partial charge on any atom is -0.206 e. The summed E-state index contributed by atoms with van der Waals surface area (Å²) < 4.78 is 125. The number of halogens is 9. The average molecular weight is 604 g/mol. The van der Waals surface area contributed by atoms with E-state index in [1.807, 2.05) is 0 Å². The molecule has 0 fully saturated rings. The second kappa shape index (κ2) is 12.0. The maximum atomic E-state index is 15.0. The molecular formula is C35H13F9. The largest absolute Gasteiger partial charge is 0.458 e. The number of rotatable bonds is 1. The van der Waals surface area contributed by atoms with Crippen molar-refractivity contribution >= 4 is 10.8 Å². The Morgan fingerprint density at radius 1 is 0.500 bits per heavy atom. The second-order valence-electron chi connectivity index (χ2n) is 9.22. The van der Waals surface area contributed by atoms with Crippen molar-refractivity contribution < 1.29 is 39.5 Å².